The highest BCUT2D eigenvalue weighted by Gasteiger charge is 2.22. The van der Waals surface area contributed by atoms with Gasteiger partial charge in [0.1, 0.15) is 0 Å². The summed E-state index contributed by atoms with van der Waals surface area (Å²) >= 11 is 4.39. The normalized spacial score (nSPS) is 13.1. The van der Waals surface area contributed by atoms with Gasteiger partial charge < -0.3 is 0 Å². The lowest BCUT2D eigenvalue weighted by Crippen LogP contribution is -2.17. The van der Waals surface area contributed by atoms with Gasteiger partial charge in [-0.2, -0.15) is 0 Å². The van der Waals surface area contributed by atoms with Crippen LogP contribution >= 0.6 is 12.1 Å². The summed E-state index contributed by atoms with van der Waals surface area (Å²) in [5.41, 5.74) is 0.662. The smallest absolute Gasteiger partial charge is 0.0813 e. The predicted molar refractivity (Wildman–Crippen MR) is 60.3 cm³/mol. The average Bonchev–Trinajstić information content (AvgIpc) is 2.08. The van der Waals surface area contributed by atoms with E-state index in [4.69, 9.17) is 0 Å². The molecule has 0 saturated heterocycles. The molecule has 0 nitrogen and oxygen atoms in total. The van der Waals surface area contributed by atoms with Gasteiger partial charge >= 0.3 is 0 Å². The molecule has 0 spiro atoms. The van der Waals surface area contributed by atoms with Gasteiger partial charge in [0.25, 0.3) is 0 Å². The van der Waals surface area contributed by atoms with E-state index in [9.17, 15) is 0 Å². The van der Waals surface area contributed by atoms with Crippen molar-refractivity contribution in [3.05, 3.63) is 0 Å². The Morgan fingerprint density at radius 1 is 1.09 bits per heavy atom. The Balaban J connectivity index is 3.84. The third-order valence-corrected chi connectivity index (χ3v) is 4.73. The fourth-order valence-corrected chi connectivity index (χ4v) is 3.12. The van der Waals surface area contributed by atoms with Gasteiger partial charge in [0.05, 0.1) is 8.67 Å². The summed E-state index contributed by atoms with van der Waals surface area (Å²) < 4.78 is 0. The third kappa shape index (κ3) is 3.65. The maximum Gasteiger partial charge on any atom is 0.0813 e. The standard InChI is InChI=1S/C9H22SSi/c1-4-9(5-2,6-3)7-8-11-10/h10H,4-8,11H2,1-3H3. The number of thiol groups is 1. The fraction of sp³-hybridized carbons (Fsp3) is 1.00. The van der Waals surface area contributed by atoms with Crippen molar-refractivity contribution >= 4 is 20.7 Å². The van der Waals surface area contributed by atoms with Crippen molar-refractivity contribution in [1.82, 2.24) is 0 Å². The Kier molecular flexibility index (Phi) is 6.44. The molecule has 68 valence electrons. The minimum absolute atomic E-state index is 0.000656. The van der Waals surface area contributed by atoms with E-state index in [1.807, 2.05) is 0 Å². The van der Waals surface area contributed by atoms with Crippen LogP contribution in [0.1, 0.15) is 46.5 Å². The lowest BCUT2D eigenvalue weighted by atomic mass is 9.77. The molecule has 0 saturated carbocycles. The van der Waals surface area contributed by atoms with E-state index in [-0.39, 0.29) is 8.67 Å². The molecular weight excluding hydrogens is 168 g/mol. The van der Waals surface area contributed by atoms with Gasteiger partial charge in [0.15, 0.2) is 0 Å². The van der Waals surface area contributed by atoms with Gasteiger partial charge in [0.2, 0.25) is 0 Å². The van der Waals surface area contributed by atoms with Crippen molar-refractivity contribution in [2.24, 2.45) is 5.41 Å². The Bertz CT molecular complexity index is 81.3. The molecule has 0 radical (unpaired) electrons. The van der Waals surface area contributed by atoms with Crippen LogP contribution in [0.25, 0.3) is 0 Å². The molecule has 0 fully saturated rings. The van der Waals surface area contributed by atoms with Crippen LogP contribution in [-0.4, -0.2) is 8.67 Å². The molecule has 0 N–H and O–H groups in total. The Morgan fingerprint density at radius 2 is 1.55 bits per heavy atom. The first-order valence-corrected chi connectivity index (χ1v) is 8.38. The minimum atomic E-state index is 0.000656. The predicted octanol–water partition coefficient (Wildman–Crippen LogP) is 3.02. The van der Waals surface area contributed by atoms with E-state index in [1.54, 1.807) is 0 Å². The first-order valence-electron chi connectivity index (χ1n) is 4.85. The number of rotatable bonds is 6. The molecule has 0 aromatic carbocycles. The fourth-order valence-electron chi connectivity index (χ4n) is 1.73. The Labute approximate surface area is 79.0 Å². The average molecular weight is 190 g/mol. The van der Waals surface area contributed by atoms with Crippen LogP contribution in [0.4, 0.5) is 0 Å². The second kappa shape index (κ2) is 6.12. The monoisotopic (exact) mass is 190 g/mol. The van der Waals surface area contributed by atoms with E-state index in [0.29, 0.717) is 5.41 Å². The lowest BCUT2D eigenvalue weighted by Gasteiger charge is -2.30. The van der Waals surface area contributed by atoms with Crippen LogP contribution in [0.3, 0.4) is 0 Å². The van der Waals surface area contributed by atoms with E-state index in [0.717, 1.165) is 0 Å². The topological polar surface area (TPSA) is 0 Å². The maximum atomic E-state index is 4.39. The van der Waals surface area contributed by atoms with Crippen molar-refractivity contribution < 1.29 is 0 Å². The molecule has 0 heterocycles. The molecule has 2 heteroatoms. The largest absolute Gasteiger partial charge is 0.210 e. The summed E-state index contributed by atoms with van der Waals surface area (Å²) in [4.78, 5) is 0. The van der Waals surface area contributed by atoms with Crippen molar-refractivity contribution in [2.45, 2.75) is 52.5 Å². The summed E-state index contributed by atoms with van der Waals surface area (Å²) in [6.45, 7) is 6.98. The van der Waals surface area contributed by atoms with E-state index in [2.05, 4.69) is 32.8 Å². The van der Waals surface area contributed by atoms with Gasteiger partial charge in [-0.15, -0.1) is 0 Å². The zero-order chi connectivity index (χ0) is 8.74. The van der Waals surface area contributed by atoms with Crippen molar-refractivity contribution in [3.63, 3.8) is 0 Å². The summed E-state index contributed by atoms with van der Waals surface area (Å²) in [5, 5.41) is 0. The zero-order valence-corrected chi connectivity index (χ0v) is 10.5. The first-order chi connectivity index (χ1) is 5.24. The van der Waals surface area contributed by atoms with Gasteiger partial charge in [-0.3, -0.25) is 0 Å². The third-order valence-electron chi connectivity index (χ3n) is 3.12. The zero-order valence-electron chi connectivity index (χ0n) is 8.19. The highest BCUT2D eigenvalue weighted by molar-refractivity contribution is 8.06. The number of hydrogen-bond donors (Lipinski definition) is 1. The second-order valence-corrected chi connectivity index (χ2v) is 5.88. The minimum Gasteiger partial charge on any atom is -0.210 e. The van der Waals surface area contributed by atoms with E-state index < -0.39 is 0 Å². The lowest BCUT2D eigenvalue weighted by molar-refractivity contribution is 0.240. The molecule has 0 aliphatic carbocycles. The SMILES string of the molecule is CCC(CC)(CC)CC[SiH2]S. The van der Waals surface area contributed by atoms with Gasteiger partial charge in [0, 0.05) is 0 Å². The van der Waals surface area contributed by atoms with E-state index in [1.165, 1.54) is 31.7 Å². The summed E-state index contributed by atoms with van der Waals surface area (Å²) in [6.07, 6.45) is 5.47. The molecule has 11 heavy (non-hydrogen) atoms. The second-order valence-electron chi connectivity index (χ2n) is 3.39. The number of hydrogen-bond acceptors (Lipinski definition) is 1. The molecule has 0 unspecified atom stereocenters. The van der Waals surface area contributed by atoms with Crippen molar-refractivity contribution in [1.29, 1.82) is 0 Å². The van der Waals surface area contributed by atoms with Crippen molar-refractivity contribution in [3.8, 4) is 0 Å². The molecule has 0 atom stereocenters. The van der Waals surface area contributed by atoms with Gasteiger partial charge in [-0.25, -0.2) is 12.1 Å². The van der Waals surface area contributed by atoms with Crippen LogP contribution in [0, 0.1) is 5.41 Å². The maximum absolute atomic E-state index is 4.39. The molecule has 0 aromatic rings. The molecule has 0 amide bonds. The van der Waals surface area contributed by atoms with Gasteiger partial charge in [-0.05, 0) is 11.8 Å². The first kappa shape index (κ1) is 11.6. The molecule has 0 rings (SSSR count). The van der Waals surface area contributed by atoms with Crippen molar-refractivity contribution in [2.75, 3.05) is 0 Å². The molecule has 0 aliphatic heterocycles. The molecular formula is C9H22SSi. The summed E-state index contributed by atoms with van der Waals surface area (Å²) in [6, 6.07) is 1.42. The van der Waals surface area contributed by atoms with Crippen LogP contribution < -0.4 is 0 Å². The Hall–Kier alpha value is 0.567. The highest BCUT2D eigenvalue weighted by atomic mass is 32.3. The summed E-state index contributed by atoms with van der Waals surface area (Å²) in [5.74, 6) is 0. The summed E-state index contributed by atoms with van der Waals surface area (Å²) in [7, 11) is 0.000656. The molecule has 0 aliphatic rings. The highest BCUT2D eigenvalue weighted by Crippen LogP contribution is 2.35. The molecule has 0 aromatic heterocycles. The van der Waals surface area contributed by atoms with Crippen LogP contribution in [0.15, 0.2) is 0 Å². The van der Waals surface area contributed by atoms with Crippen LogP contribution in [0.2, 0.25) is 6.04 Å². The van der Waals surface area contributed by atoms with Crippen LogP contribution in [0.5, 0.6) is 0 Å². The van der Waals surface area contributed by atoms with E-state index >= 15 is 0 Å². The van der Waals surface area contributed by atoms with Crippen LogP contribution in [-0.2, 0) is 0 Å². The molecule has 0 bridgehead atoms. The quantitative estimate of drug-likeness (QED) is 0.483. The Morgan fingerprint density at radius 3 is 1.82 bits per heavy atom. The van der Waals surface area contributed by atoms with Gasteiger partial charge in [-0.1, -0.05) is 46.1 Å².